The van der Waals surface area contributed by atoms with Gasteiger partial charge in [-0.3, -0.25) is 9.59 Å². The molecule has 9 nitrogen and oxygen atoms in total. The lowest BCUT2D eigenvalue weighted by Crippen LogP contribution is -2.41. The van der Waals surface area contributed by atoms with Gasteiger partial charge < -0.3 is 25.4 Å². The van der Waals surface area contributed by atoms with Crippen LogP contribution in [0.5, 0.6) is 0 Å². The largest absolute Gasteiger partial charge is 0.480 e. The zero-order valence-corrected chi connectivity index (χ0v) is 10.8. The Morgan fingerprint density at radius 3 is 2.80 bits per heavy atom. The van der Waals surface area contributed by atoms with Gasteiger partial charge in [0.25, 0.3) is 5.91 Å². The predicted octanol–water partition coefficient (Wildman–Crippen LogP) is -0.730. The lowest BCUT2D eigenvalue weighted by molar-refractivity contribution is -0.139. The van der Waals surface area contributed by atoms with E-state index in [2.05, 4.69) is 10.5 Å². The number of amides is 2. The van der Waals surface area contributed by atoms with Crippen molar-refractivity contribution >= 4 is 17.8 Å². The molecular formula is C11H15N3O6. The summed E-state index contributed by atoms with van der Waals surface area (Å²) in [4.78, 5) is 33.4. The van der Waals surface area contributed by atoms with E-state index in [9.17, 15) is 14.4 Å². The Morgan fingerprint density at radius 2 is 2.25 bits per heavy atom. The van der Waals surface area contributed by atoms with Crippen molar-refractivity contribution in [1.29, 1.82) is 0 Å². The first-order chi connectivity index (χ1) is 9.43. The summed E-state index contributed by atoms with van der Waals surface area (Å²) in [5.41, 5.74) is 4.87. The summed E-state index contributed by atoms with van der Waals surface area (Å²) in [5, 5.41) is 14.7. The van der Waals surface area contributed by atoms with Crippen molar-refractivity contribution in [3.8, 4) is 0 Å². The molecule has 0 fully saturated rings. The van der Waals surface area contributed by atoms with Gasteiger partial charge in [-0.1, -0.05) is 5.16 Å². The van der Waals surface area contributed by atoms with Crippen molar-refractivity contribution in [3.05, 3.63) is 17.5 Å². The minimum absolute atomic E-state index is 0.0672. The van der Waals surface area contributed by atoms with Gasteiger partial charge in [0.15, 0.2) is 11.5 Å². The summed E-state index contributed by atoms with van der Waals surface area (Å²) in [6.45, 7) is 0.143. The second-order valence-corrected chi connectivity index (χ2v) is 3.98. The van der Waals surface area contributed by atoms with E-state index in [-0.39, 0.29) is 25.1 Å². The van der Waals surface area contributed by atoms with Crippen LogP contribution in [0.2, 0.25) is 0 Å². The molecule has 110 valence electrons. The molecule has 2 amide bonds. The monoisotopic (exact) mass is 285 g/mol. The molecule has 0 saturated carbocycles. The summed E-state index contributed by atoms with van der Waals surface area (Å²) in [6, 6.07) is 0.115. The van der Waals surface area contributed by atoms with E-state index in [0.717, 1.165) is 0 Å². The number of carbonyl (C=O) groups excluding carboxylic acids is 2. The van der Waals surface area contributed by atoms with Gasteiger partial charge >= 0.3 is 5.97 Å². The third-order valence-corrected chi connectivity index (χ3v) is 2.36. The van der Waals surface area contributed by atoms with E-state index < -0.39 is 23.8 Å². The summed E-state index contributed by atoms with van der Waals surface area (Å²) >= 11 is 0. The minimum Gasteiger partial charge on any atom is -0.480 e. The molecule has 0 saturated heterocycles. The first-order valence-corrected chi connectivity index (χ1v) is 5.70. The Morgan fingerprint density at radius 1 is 1.55 bits per heavy atom. The van der Waals surface area contributed by atoms with Crippen LogP contribution in [0, 0.1) is 0 Å². The van der Waals surface area contributed by atoms with Crippen molar-refractivity contribution in [3.63, 3.8) is 0 Å². The number of carbonyl (C=O) groups is 3. The number of nitrogens with zero attached hydrogens (tertiary/aromatic N) is 1. The maximum atomic E-state index is 11.8. The fourth-order valence-electron chi connectivity index (χ4n) is 1.41. The highest BCUT2D eigenvalue weighted by Crippen LogP contribution is 2.06. The highest BCUT2D eigenvalue weighted by atomic mass is 16.5. The fraction of sp³-hybridized carbons (Fsp3) is 0.455. The Balaban J connectivity index is 2.64. The number of carboxylic acid groups (broad SMARTS) is 1. The van der Waals surface area contributed by atoms with Gasteiger partial charge in [0.2, 0.25) is 5.91 Å². The van der Waals surface area contributed by atoms with Crippen LogP contribution in [-0.4, -0.2) is 41.2 Å². The van der Waals surface area contributed by atoms with Gasteiger partial charge in [0, 0.05) is 19.6 Å². The van der Waals surface area contributed by atoms with E-state index >= 15 is 0 Å². The molecule has 20 heavy (non-hydrogen) atoms. The zero-order chi connectivity index (χ0) is 15.1. The van der Waals surface area contributed by atoms with Crippen LogP contribution >= 0.6 is 0 Å². The molecule has 4 N–H and O–H groups in total. The van der Waals surface area contributed by atoms with Crippen molar-refractivity contribution < 1.29 is 28.8 Å². The number of nitrogens with one attached hydrogen (secondary N) is 1. The average molecular weight is 285 g/mol. The molecule has 1 rings (SSSR count). The second kappa shape index (κ2) is 7.24. The topological polar surface area (TPSA) is 145 Å². The highest BCUT2D eigenvalue weighted by Gasteiger charge is 2.23. The maximum absolute atomic E-state index is 11.8. The molecule has 1 aromatic heterocycles. The summed E-state index contributed by atoms with van der Waals surface area (Å²) < 4.78 is 9.60. The molecule has 1 heterocycles. The Labute approximate surface area is 114 Å². The number of carboxylic acids is 1. The van der Waals surface area contributed by atoms with Gasteiger partial charge in [0.1, 0.15) is 12.6 Å². The molecule has 0 radical (unpaired) electrons. The molecule has 0 aliphatic heterocycles. The maximum Gasteiger partial charge on any atom is 0.326 e. The van der Waals surface area contributed by atoms with Crippen molar-refractivity contribution in [2.45, 2.75) is 25.5 Å². The second-order valence-electron chi connectivity index (χ2n) is 3.98. The van der Waals surface area contributed by atoms with Crippen molar-refractivity contribution in [1.82, 2.24) is 10.5 Å². The number of rotatable bonds is 8. The van der Waals surface area contributed by atoms with Gasteiger partial charge in [0.05, 0.1) is 0 Å². The van der Waals surface area contributed by atoms with E-state index in [1.54, 1.807) is 0 Å². The molecular weight excluding hydrogens is 270 g/mol. The van der Waals surface area contributed by atoms with Crippen LogP contribution in [0.25, 0.3) is 0 Å². The number of aliphatic carboxylic acids is 1. The number of nitrogens with two attached hydrogens (primary N) is 1. The Hall–Kier alpha value is -2.42. The minimum atomic E-state index is -1.26. The third-order valence-electron chi connectivity index (χ3n) is 2.36. The first-order valence-electron chi connectivity index (χ1n) is 5.70. The normalized spacial score (nSPS) is 11.8. The molecule has 0 unspecified atom stereocenters. The van der Waals surface area contributed by atoms with Crippen LogP contribution in [0.1, 0.15) is 29.1 Å². The van der Waals surface area contributed by atoms with E-state index in [1.165, 1.54) is 13.2 Å². The molecule has 1 atom stereocenters. The molecule has 1 aromatic rings. The van der Waals surface area contributed by atoms with Gasteiger partial charge in [-0.25, -0.2) is 4.79 Å². The molecule has 0 bridgehead atoms. The van der Waals surface area contributed by atoms with Crippen LogP contribution in [-0.2, 0) is 20.9 Å². The average Bonchev–Trinajstić information content (AvgIpc) is 2.82. The van der Waals surface area contributed by atoms with E-state index in [4.69, 9.17) is 20.1 Å². The molecule has 0 aliphatic rings. The molecule has 0 aromatic carbocycles. The van der Waals surface area contributed by atoms with Crippen LogP contribution in [0.3, 0.4) is 0 Å². The molecule has 9 heteroatoms. The molecule has 0 spiro atoms. The zero-order valence-electron chi connectivity index (χ0n) is 10.8. The number of hydrogen-bond acceptors (Lipinski definition) is 6. The highest BCUT2D eigenvalue weighted by molar-refractivity contribution is 5.95. The van der Waals surface area contributed by atoms with Gasteiger partial charge in [-0.2, -0.15) is 0 Å². The van der Waals surface area contributed by atoms with Crippen molar-refractivity contribution in [2.75, 3.05) is 7.11 Å². The predicted molar refractivity (Wildman–Crippen MR) is 64.5 cm³/mol. The lowest BCUT2D eigenvalue weighted by atomic mass is 10.1. The summed E-state index contributed by atoms with van der Waals surface area (Å²) in [7, 11) is 1.45. The quantitative estimate of drug-likeness (QED) is 0.570. The van der Waals surface area contributed by atoms with Gasteiger partial charge in [-0.05, 0) is 6.42 Å². The number of ether oxygens (including phenoxy) is 1. The first kappa shape index (κ1) is 15.6. The van der Waals surface area contributed by atoms with Crippen LogP contribution in [0.15, 0.2) is 10.6 Å². The van der Waals surface area contributed by atoms with Crippen LogP contribution in [0.4, 0.5) is 0 Å². The van der Waals surface area contributed by atoms with E-state index in [1.807, 2.05) is 0 Å². The standard InChI is InChI=1S/C11H15N3O6/c1-19-5-6-4-8(14-20-6)10(16)13-7(11(17)18)2-3-9(12)15/h4,7H,2-3,5H2,1H3,(H2,12,15)(H,13,16)(H,17,18)/t7-/m0/s1. The van der Waals surface area contributed by atoms with E-state index in [0.29, 0.717) is 5.76 Å². The number of hydrogen-bond donors (Lipinski definition) is 3. The lowest BCUT2D eigenvalue weighted by Gasteiger charge is -2.12. The number of aromatic nitrogens is 1. The smallest absolute Gasteiger partial charge is 0.326 e. The van der Waals surface area contributed by atoms with Crippen LogP contribution < -0.4 is 11.1 Å². The summed E-state index contributed by atoms with van der Waals surface area (Å²) in [6.07, 6.45) is -0.246. The number of primary amides is 1. The Bertz CT molecular complexity index is 498. The Kier molecular flexibility index (Phi) is 5.66. The summed E-state index contributed by atoms with van der Waals surface area (Å²) in [5.74, 6) is -2.29. The molecule has 0 aliphatic carbocycles. The fourth-order valence-corrected chi connectivity index (χ4v) is 1.41. The number of methoxy groups -OCH3 is 1. The van der Waals surface area contributed by atoms with Crippen molar-refractivity contribution in [2.24, 2.45) is 5.73 Å². The van der Waals surface area contributed by atoms with Gasteiger partial charge in [-0.15, -0.1) is 0 Å². The SMILES string of the molecule is COCc1cc(C(=O)N[C@@H](CCC(N)=O)C(=O)O)no1. The third kappa shape index (κ3) is 4.69.